The third kappa shape index (κ3) is 8.99. The molecule has 39 heavy (non-hydrogen) atoms. The van der Waals surface area contributed by atoms with Crippen molar-refractivity contribution in [3.63, 3.8) is 0 Å². The first-order valence-corrected chi connectivity index (χ1v) is 12.7. The maximum absolute atomic E-state index is 12.4. The summed E-state index contributed by atoms with van der Waals surface area (Å²) in [6.45, 7) is 6.01. The SMILES string of the molecule is CC(C)(C)OC(=O)NCCOCCNC(=O)C[C@H](NC(=O)OCC1c2ccccc2-c2ccccc21)C(=O)O. The van der Waals surface area contributed by atoms with Gasteiger partial charge in [-0.15, -0.1) is 0 Å². The van der Waals surface area contributed by atoms with Gasteiger partial charge in [-0.05, 0) is 43.0 Å². The molecule has 0 bridgehead atoms. The lowest BCUT2D eigenvalue weighted by Crippen LogP contribution is -2.45. The second-order valence-electron chi connectivity index (χ2n) is 9.96. The fourth-order valence-corrected chi connectivity index (χ4v) is 4.14. The molecule has 0 radical (unpaired) electrons. The van der Waals surface area contributed by atoms with E-state index in [1.54, 1.807) is 20.8 Å². The van der Waals surface area contributed by atoms with Gasteiger partial charge in [0.15, 0.2) is 0 Å². The summed E-state index contributed by atoms with van der Waals surface area (Å²) in [5, 5.41) is 16.8. The van der Waals surface area contributed by atoms with Crippen LogP contribution < -0.4 is 16.0 Å². The number of hydrogen-bond acceptors (Lipinski definition) is 7. The Bertz CT molecular complexity index is 1130. The molecule has 2 aromatic rings. The number of benzene rings is 2. The number of carbonyl (C=O) groups is 4. The number of alkyl carbamates (subject to hydrolysis) is 2. The Balaban J connectivity index is 1.37. The van der Waals surface area contributed by atoms with Gasteiger partial charge in [0.05, 0.1) is 19.6 Å². The maximum atomic E-state index is 12.4. The van der Waals surface area contributed by atoms with Gasteiger partial charge >= 0.3 is 18.2 Å². The van der Waals surface area contributed by atoms with Crippen molar-refractivity contribution >= 4 is 24.1 Å². The standard InChI is InChI=1S/C28H35N3O8/c1-28(2,3)39-26(35)30-13-15-37-14-12-29-24(32)16-23(25(33)34)31-27(36)38-17-22-20-10-6-4-8-18(20)19-9-5-7-11-21(19)22/h4-11,22-23H,12-17H2,1-3H3,(H,29,32)(H,30,35)(H,31,36)(H,33,34)/t23-/m0/s1. The first kappa shape index (κ1) is 29.4. The van der Waals surface area contributed by atoms with E-state index in [0.717, 1.165) is 22.3 Å². The van der Waals surface area contributed by atoms with Crippen LogP contribution in [0.4, 0.5) is 9.59 Å². The van der Waals surface area contributed by atoms with Crippen LogP contribution in [-0.4, -0.2) is 73.7 Å². The Kier molecular flexibility index (Phi) is 10.3. The van der Waals surface area contributed by atoms with Crippen LogP contribution in [-0.2, 0) is 23.8 Å². The Morgan fingerprint density at radius 2 is 1.44 bits per heavy atom. The summed E-state index contributed by atoms with van der Waals surface area (Å²) in [6, 6.07) is 14.3. The van der Waals surface area contributed by atoms with Crippen molar-refractivity contribution in [1.29, 1.82) is 0 Å². The van der Waals surface area contributed by atoms with Gasteiger partial charge in [0, 0.05) is 19.0 Å². The first-order valence-electron chi connectivity index (χ1n) is 12.7. The molecule has 1 aliphatic rings. The minimum Gasteiger partial charge on any atom is -0.480 e. The van der Waals surface area contributed by atoms with Crippen LogP contribution in [0.25, 0.3) is 11.1 Å². The highest BCUT2D eigenvalue weighted by molar-refractivity contribution is 5.87. The Morgan fingerprint density at radius 3 is 2.00 bits per heavy atom. The van der Waals surface area contributed by atoms with Gasteiger partial charge in [-0.1, -0.05) is 48.5 Å². The summed E-state index contributed by atoms with van der Waals surface area (Å²) in [4.78, 5) is 47.8. The van der Waals surface area contributed by atoms with Crippen molar-refractivity contribution in [1.82, 2.24) is 16.0 Å². The average Bonchev–Trinajstić information content (AvgIpc) is 3.19. The molecule has 210 valence electrons. The predicted molar refractivity (Wildman–Crippen MR) is 142 cm³/mol. The zero-order valence-electron chi connectivity index (χ0n) is 22.3. The van der Waals surface area contributed by atoms with Gasteiger partial charge in [-0.2, -0.15) is 0 Å². The van der Waals surface area contributed by atoms with Crippen molar-refractivity contribution in [2.24, 2.45) is 0 Å². The third-order valence-electron chi connectivity index (χ3n) is 5.81. The minimum atomic E-state index is -1.46. The topological polar surface area (TPSA) is 152 Å². The van der Waals surface area contributed by atoms with Crippen LogP contribution in [0, 0.1) is 0 Å². The molecule has 0 unspecified atom stereocenters. The molecular formula is C28H35N3O8. The molecule has 0 aromatic heterocycles. The fraction of sp³-hybridized carbons (Fsp3) is 0.429. The number of nitrogens with one attached hydrogen (secondary N) is 3. The monoisotopic (exact) mass is 541 g/mol. The van der Waals surface area contributed by atoms with Gasteiger partial charge in [0.2, 0.25) is 5.91 Å². The first-order chi connectivity index (χ1) is 18.5. The van der Waals surface area contributed by atoms with Crippen molar-refractivity contribution in [3.05, 3.63) is 59.7 Å². The lowest BCUT2D eigenvalue weighted by atomic mass is 9.98. The summed E-state index contributed by atoms with van der Waals surface area (Å²) in [6.07, 6.45) is -1.94. The Hall–Kier alpha value is -4.12. The van der Waals surface area contributed by atoms with E-state index in [4.69, 9.17) is 14.2 Å². The van der Waals surface area contributed by atoms with Gasteiger partial charge < -0.3 is 35.3 Å². The summed E-state index contributed by atoms with van der Waals surface area (Å²) < 4.78 is 15.8. The van der Waals surface area contributed by atoms with Gasteiger partial charge in [-0.3, -0.25) is 4.79 Å². The molecule has 0 heterocycles. The molecule has 0 aliphatic heterocycles. The quantitative estimate of drug-likeness (QED) is 0.299. The van der Waals surface area contributed by atoms with E-state index in [-0.39, 0.29) is 38.8 Å². The molecule has 2 aromatic carbocycles. The summed E-state index contributed by atoms with van der Waals surface area (Å²) >= 11 is 0. The second-order valence-corrected chi connectivity index (χ2v) is 9.96. The smallest absolute Gasteiger partial charge is 0.407 e. The summed E-state index contributed by atoms with van der Waals surface area (Å²) in [7, 11) is 0. The molecule has 3 amide bonds. The zero-order valence-corrected chi connectivity index (χ0v) is 22.3. The maximum Gasteiger partial charge on any atom is 0.407 e. The number of fused-ring (bicyclic) bond motifs is 3. The van der Waals surface area contributed by atoms with Crippen LogP contribution in [0.15, 0.2) is 48.5 Å². The molecule has 3 rings (SSSR count). The van der Waals surface area contributed by atoms with E-state index in [9.17, 15) is 24.3 Å². The predicted octanol–water partition coefficient (Wildman–Crippen LogP) is 3.03. The summed E-state index contributed by atoms with van der Waals surface area (Å²) in [5.74, 6) is -2.10. The van der Waals surface area contributed by atoms with Crippen molar-refractivity contribution in [2.75, 3.05) is 32.9 Å². The number of ether oxygens (including phenoxy) is 3. The van der Waals surface area contributed by atoms with Gasteiger partial charge in [-0.25, -0.2) is 14.4 Å². The Labute approximate surface area is 227 Å². The number of carboxylic acids is 1. The van der Waals surface area contributed by atoms with E-state index in [1.165, 1.54) is 0 Å². The lowest BCUT2D eigenvalue weighted by molar-refractivity contribution is -0.141. The van der Waals surface area contributed by atoms with Crippen molar-refractivity contribution in [2.45, 2.75) is 44.8 Å². The van der Waals surface area contributed by atoms with Crippen LogP contribution >= 0.6 is 0 Å². The van der Waals surface area contributed by atoms with Crippen LogP contribution in [0.5, 0.6) is 0 Å². The molecule has 0 saturated carbocycles. The fourth-order valence-electron chi connectivity index (χ4n) is 4.14. The Morgan fingerprint density at radius 1 is 0.872 bits per heavy atom. The van der Waals surface area contributed by atoms with Crippen LogP contribution in [0.1, 0.15) is 44.2 Å². The molecular weight excluding hydrogens is 506 g/mol. The lowest BCUT2D eigenvalue weighted by Gasteiger charge is -2.19. The minimum absolute atomic E-state index is 0.0263. The van der Waals surface area contributed by atoms with E-state index < -0.39 is 42.1 Å². The molecule has 4 N–H and O–H groups in total. The molecule has 11 nitrogen and oxygen atoms in total. The molecule has 0 fully saturated rings. The third-order valence-corrected chi connectivity index (χ3v) is 5.81. The van der Waals surface area contributed by atoms with E-state index in [1.807, 2.05) is 48.5 Å². The molecule has 0 saturated heterocycles. The van der Waals surface area contributed by atoms with Gasteiger partial charge in [0.25, 0.3) is 0 Å². The number of rotatable bonds is 12. The average molecular weight is 542 g/mol. The number of amides is 3. The number of hydrogen-bond donors (Lipinski definition) is 4. The number of carbonyl (C=O) groups excluding carboxylic acids is 3. The largest absolute Gasteiger partial charge is 0.480 e. The van der Waals surface area contributed by atoms with E-state index in [0.29, 0.717) is 0 Å². The normalized spacial score (nSPS) is 13.0. The highest BCUT2D eigenvalue weighted by Crippen LogP contribution is 2.44. The van der Waals surface area contributed by atoms with Crippen molar-refractivity contribution < 1.29 is 38.5 Å². The van der Waals surface area contributed by atoms with E-state index in [2.05, 4.69) is 16.0 Å². The molecule has 1 atom stereocenters. The van der Waals surface area contributed by atoms with Gasteiger partial charge in [0.1, 0.15) is 18.2 Å². The zero-order chi connectivity index (χ0) is 28.4. The van der Waals surface area contributed by atoms with Crippen LogP contribution in [0.3, 0.4) is 0 Å². The molecule has 11 heteroatoms. The molecule has 1 aliphatic carbocycles. The highest BCUT2D eigenvalue weighted by Gasteiger charge is 2.30. The molecule has 0 spiro atoms. The van der Waals surface area contributed by atoms with E-state index >= 15 is 0 Å². The van der Waals surface area contributed by atoms with Crippen LogP contribution in [0.2, 0.25) is 0 Å². The second kappa shape index (κ2) is 13.6. The summed E-state index contributed by atoms with van der Waals surface area (Å²) in [5.41, 5.74) is 3.62. The highest BCUT2D eigenvalue weighted by atomic mass is 16.6. The number of carboxylic acid groups (broad SMARTS) is 1. The number of aliphatic carboxylic acids is 1. The van der Waals surface area contributed by atoms with Crippen molar-refractivity contribution in [3.8, 4) is 11.1 Å².